The topological polar surface area (TPSA) is 68.2 Å². The number of piperidine rings is 1. The molecule has 118 valence electrons. The van der Waals surface area contributed by atoms with Gasteiger partial charge in [0.2, 0.25) is 0 Å². The number of likely N-dealkylation sites (tertiary alicyclic amines) is 1. The maximum Gasteiger partial charge on any atom is 0.314 e. The van der Waals surface area contributed by atoms with Gasteiger partial charge < -0.3 is 10.6 Å². The molecule has 0 spiro atoms. The number of nitrogens with one attached hydrogen (secondary N) is 2. The van der Waals surface area contributed by atoms with Crippen molar-refractivity contribution in [2.24, 2.45) is 5.92 Å². The smallest absolute Gasteiger partial charge is 0.314 e. The highest BCUT2D eigenvalue weighted by Crippen LogP contribution is 2.18. The van der Waals surface area contributed by atoms with Gasteiger partial charge in [0.05, 0.1) is 11.6 Å². The van der Waals surface area contributed by atoms with Crippen LogP contribution >= 0.6 is 0 Å². The number of amides is 2. The van der Waals surface area contributed by atoms with E-state index < -0.39 is 0 Å². The fourth-order valence-corrected chi connectivity index (χ4v) is 2.92. The SMILES string of the molecule is CCNC(=O)NC[C@@H]1CCCN(Cc2cccc(C#N)c2)C1. The summed E-state index contributed by atoms with van der Waals surface area (Å²) in [6.45, 7) is 6.22. The fraction of sp³-hybridized carbons (Fsp3) is 0.529. The van der Waals surface area contributed by atoms with E-state index in [1.54, 1.807) is 0 Å². The molecule has 0 aliphatic carbocycles. The zero-order valence-corrected chi connectivity index (χ0v) is 13.1. The molecule has 1 aromatic carbocycles. The Morgan fingerprint density at radius 1 is 1.45 bits per heavy atom. The van der Waals surface area contributed by atoms with E-state index in [4.69, 9.17) is 5.26 Å². The van der Waals surface area contributed by atoms with Gasteiger partial charge in [0.25, 0.3) is 0 Å². The first kappa shape index (κ1) is 16.3. The van der Waals surface area contributed by atoms with Crippen molar-refractivity contribution in [3.05, 3.63) is 35.4 Å². The van der Waals surface area contributed by atoms with Crippen molar-refractivity contribution in [1.29, 1.82) is 5.26 Å². The minimum atomic E-state index is -0.0821. The Balaban J connectivity index is 1.82. The van der Waals surface area contributed by atoms with E-state index >= 15 is 0 Å². The number of urea groups is 1. The number of nitriles is 1. The van der Waals surface area contributed by atoms with Crippen LogP contribution in [0.15, 0.2) is 24.3 Å². The summed E-state index contributed by atoms with van der Waals surface area (Å²) in [5.74, 6) is 0.496. The van der Waals surface area contributed by atoms with Crippen LogP contribution in [0, 0.1) is 17.2 Å². The van der Waals surface area contributed by atoms with Gasteiger partial charge in [0.15, 0.2) is 0 Å². The van der Waals surface area contributed by atoms with Crippen LogP contribution in [0.1, 0.15) is 30.9 Å². The summed E-state index contributed by atoms with van der Waals surface area (Å²) in [5.41, 5.74) is 1.89. The largest absolute Gasteiger partial charge is 0.338 e. The van der Waals surface area contributed by atoms with Crippen LogP contribution in [0.3, 0.4) is 0 Å². The van der Waals surface area contributed by atoms with Gasteiger partial charge in [-0.2, -0.15) is 5.26 Å². The van der Waals surface area contributed by atoms with Crippen LogP contribution < -0.4 is 10.6 Å². The number of carbonyl (C=O) groups excluding carboxylic acids is 1. The van der Waals surface area contributed by atoms with Crippen molar-refractivity contribution in [3.63, 3.8) is 0 Å². The van der Waals surface area contributed by atoms with Gasteiger partial charge in [0, 0.05) is 26.2 Å². The van der Waals surface area contributed by atoms with Crippen LogP contribution in [0.5, 0.6) is 0 Å². The Morgan fingerprint density at radius 3 is 3.09 bits per heavy atom. The first-order valence-electron chi connectivity index (χ1n) is 7.94. The molecular formula is C17H24N4O. The Morgan fingerprint density at radius 2 is 2.32 bits per heavy atom. The predicted molar refractivity (Wildman–Crippen MR) is 86.2 cm³/mol. The molecule has 1 atom stereocenters. The van der Waals surface area contributed by atoms with E-state index in [1.165, 1.54) is 5.56 Å². The Labute approximate surface area is 132 Å². The van der Waals surface area contributed by atoms with E-state index in [-0.39, 0.29) is 6.03 Å². The molecule has 0 unspecified atom stereocenters. The molecule has 2 rings (SSSR count). The van der Waals surface area contributed by atoms with E-state index in [1.807, 2.05) is 25.1 Å². The third kappa shape index (κ3) is 5.05. The van der Waals surface area contributed by atoms with Crippen molar-refractivity contribution in [2.75, 3.05) is 26.2 Å². The summed E-state index contributed by atoms with van der Waals surface area (Å²) in [7, 11) is 0. The van der Waals surface area contributed by atoms with E-state index in [2.05, 4.69) is 27.7 Å². The molecule has 1 fully saturated rings. The standard InChI is InChI=1S/C17H24N4O/c1-2-19-17(22)20-11-16-7-4-8-21(13-16)12-15-6-3-5-14(9-15)10-18/h3,5-6,9,16H,2,4,7-8,11-13H2,1H3,(H2,19,20,22)/t16-/m0/s1. The minimum absolute atomic E-state index is 0.0821. The third-order valence-electron chi connectivity index (χ3n) is 3.95. The van der Waals surface area contributed by atoms with Crippen molar-refractivity contribution >= 4 is 6.03 Å². The van der Waals surface area contributed by atoms with Gasteiger partial charge in [-0.1, -0.05) is 12.1 Å². The molecule has 1 aliphatic heterocycles. The molecule has 0 radical (unpaired) electrons. The monoisotopic (exact) mass is 300 g/mol. The first-order chi connectivity index (χ1) is 10.7. The summed E-state index contributed by atoms with van der Waals surface area (Å²) >= 11 is 0. The van der Waals surface area contributed by atoms with E-state index in [0.29, 0.717) is 18.0 Å². The van der Waals surface area contributed by atoms with Crippen LogP contribution in [0.4, 0.5) is 4.79 Å². The Bertz CT molecular complexity index is 538. The highest BCUT2D eigenvalue weighted by Gasteiger charge is 2.20. The lowest BCUT2D eigenvalue weighted by Crippen LogP contribution is -2.43. The molecule has 1 aliphatic rings. The highest BCUT2D eigenvalue weighted by atomic mass is 16.2. The molecule has 2 N–H and O–H groups in total. The van der Waals surface area contributed by atoms with Crippen molar-refractivity contribution in [2.45, 2.75) is 26.3 Å². The summed E-state index contributed by atoms with van der Waals surface area (Å²) in [5, 5.41) is 14.7. The lowest BCUT2D eigenvalue weighted by atomic mass is 9.97. The van der Waals surface area contributed by atoms with E-state index in [0.717, 1.165) is 39.0 Å². The molecule has 22 heavy (non-hydrogen) atoms. The van der Waals surface area contributed by atoms with Gasteiger partial charge in [-0.25, -0.2) is 4.79 Å². The molecule has 5 heteroatoms. The predicted octanol–water partition coefficient (Wildman–Crippen LogP) is 2.09. The molecule has 5 nitrogen and oxygen atoms in total. The molecule has 0 bridgehead atoms. The molecular weight excluding hydrogens is 276 g/mol. The average molecular weight is 300 g/mol. The quantitative estimate of drug-likeness (QED) is 0.875. The molecule has 0 aromatic heterocycles. The summed E-state index contributed by atoms with van der Waals surface area (Å²) in [6, 6.07) is 9.89. The number of benzene rings is 1. The van der Waals surface area contributed by atoms with Gasteiger partial charge in [0.1, 0.15) is 0 Å². The zero-order valence-electron chi connectivity index (χ0n) is 13.1. The second kappa shape index (κ2) is 8.40. The highest BCUT2D eigenvalue weighted by molar-refractivity contribution is 5.73. The molecule has 1 heterocycles. The number of rotatable bonds is 5. The average Bonchev–Trinajstić information content (AvgIpc) is 2.54. The van der Waals surface area contributed by atoms with E-state index in [9.17, 15) is 4.79 Å². The van der Waals surface area contributed by atoms with Crippen LogP contribution in [0.2, 0.25) is 0 Å². The van der Waals surface area contributed by atoms with Gasteiger partial charge in [-0.05, 0) is 49.9 Å². The lowest BCUT2D eigenvalue weighted by Gasteiger charge is -2.32. The maximum absolute atomic E-state index is 11.5. The number of hydrogen-bond donors (Lipinski definition) is 2. The van der Waals surface area contributed by atoms with Gasteiger partial charge >= 0.3 is 6.03 Å². The minimum Gasteiger partial charge on any atom is -0.338 e. The van der Waals surface area contributed by atoms with Crippen LogP contribution in [0.25, 0.3) is 0 Å². The molecule has 1 aromatic rings. The second-order valence-electron chi connectivity index (χ2n) is 5.80. The Kier molecular flexibility index (Phi) is 6.23. The van der Waals surface area contributed by atoms with Gasteiger partial charge in [-0.3, -0.25) is 4.90 Å². The number of carbonyl (C=O) groups is 1. The molecule has 0 saturated carbocycles. The number of nitrogens with zero attached hydrogens (tertiary/aromatic N) is 2. The van der Waals surface area contributed by atoms with Crippen molar-refractivity contribution in [1.82, 2.24) is 15.5 Å². The first-order valence-corrected chi connectivity index (χ1v) is 7.94. The van der Waals surface area contributed by atoms with Crippen LogP contribution in [-0.2, 0) is 6.54 Å². The second-order valence-corrected chi connectivity index (χ2v) is 5.80. The third-order valence-corrected chi connectivity index (χ3v) is 3.95. The van der Waals surface area contributed by atoms with Crippen LogP contribution in [-0.4, -0.2) is 37.1 Å². The summed E-state index contributed by atoms with van der Waals surface area (Å²) in [4.78, 5) is 13.9. The molecule has 1 saturated heterocycles. The fourth-order valence-electron chi connectivity index (χ4n) is 2.92. The summed E-state index contributed by atoms with van der Waals surface area (Å²) in [6.07, 6.45) is 2.31. The Hall–Kier alpha value is -2.06. The van der Waals surface area contributed by atoms with Crippen molar-refractivity contribution < 1.29 is 4.79 Å². The van der Waals surface area contributed by atoms with Gasteiger partial charge in [-0.15, -0.1) is 0 Å². The molecule has 2 amide bonds. The lowest BCUT2D eigenvalue weighted by molar-refractivity contribution is 0.165. The van der Waals surface area contributed by atoms with Crippen molar-refractivity contribution in [3.8, 4) is 6.07 Å². The maximum atomic E-state index is 11.5. The normalized spacial score (nSPS) is 18.5. The summed E-state index contributed by atoms with van der Waals surface area (Å²) < 4.78 is 0. The number of hydrogen-bond acceptors (Lipinski definition) is 3. The zero-order chi connectivity index (χ0) is 15.8.